The zero-order valence-electron chi connectivity index (χ0n) is 15.9. The van der Waals surface area contributed by atoms with Gasteiger partial charge in [0.15, 0.2) is 0 Å². The van der Waals surface area contributed by atoms with Crippen LogP contribution in [0, 0.1) is 6.92 Å². The van der Waals surface area contributed by atoms with Gasteiger partial charge in [-0.25, -0.2) is 0 Å². The Bertz CT molecular complexity index is 782. The Morgan fingerprint density at radius 3 is 3.04 bits per heavy atom. The lowest BCUT2D eigenvalue weighted by molar-refractivity contribution is -0.140. The number of carbonyl (C=O) groups is 1. The molecule has 8 nitrogen and oxygen atoms in total. The van der Waals surface area contributed by atoms with Crippen LogP contribution in [-0.4, -0.2) is 59.4 Å². The number of rotatable bonds is 7. The van der Waals surface area contributed by atoms with Gasteiger partial charge >= 0.3 is 0 Å². The predicted octanol–water partition coefficient (Wildman–Crippen LogP) is 2.48. The fourth-order valence-corrected chi connectivity index (χ4v) is 3.60. The molecule has 2 aromatic heterocycles. The zero-order valence-corrected chi connectivity index (χ0v) is 16.7. The number of hydrogen-bond donors (Lipinski definition) is 1. The summed E-state index contributed by atoms with van der Waals surface area (Å²) in [6.07, 6.45) is 1.00. The van der Waals surface area contributed by atoms with E-state index in [9.17, 15) is 4.79 Å². The number of anilines is 2. The molecule has 3 rings (SSSR count). The number of aryl methyl sites for hydroxylation is 2. The number of hydrogen-bond acceptors (Lipinski definition) is 8. The highest BCUT2D eigenvalue weighted by Gasteiger charge is 2.26. The number of carbonyl (C=O) groups excluding carboxylic acids is 1. The highest BCUT2D eigenvalue weighted by Crippen LogP contribution is 2.27. The predicted molar refractivity (Wildman–Crippen MR) is 103 cm³/mol. The van der Waals surface area contributed by atoms with Gasteiger partial charge in [0.1, 0.15) is 11.1 Å². The number of aromatic nitrogens is 3. The average molecular weight is 391 g/mol. The summed E-state index contributed by atoms with van der Waals surface area (Å²) >= 11 is 1.54. The molecular formula is C18H25N5O3S. The quantitative estimate of drug-likeness (QED) is 0.775. The van der Waals surface area contributed by atoms with Crippen LogP contribution in [0.5, 0.6) is 0 Å². The first-order chi connectivity index (χ1) is 13.1. The summed E-state index contributed by atoms with van der Waals surface area (Å²) in [7, 11) is 1.60. The Kier molecular flexibility index (Phi) is 6.70. The molecule has 0 radical (unpaired) electrons. The molecule has 146 valence electrons. The normalized spacial score (nSPS) is 17.1. The van der Waals surface area contributed by atoms with Gasteiger partial charge in [-0.05, 0) is 25.5 Å². The smallest absolute Gasteiger partial charge is 0.225 e. The topological polar surface area (TPSA) is 89.5 Å². The molecule has 3 heterocycles. The number of amides is 1. The van der Waals surface area contributed by atoms with Crippen LogP contribution in [0.1, 0.15) is 35.8 Å². The van der Waals surface area contributed by atoms with Crippen molar-refractivity contribution in [3.05, 3.63) is 28.5 Å². The Morgan fingerprint density at radius 2 is 2.30 bits per heavy atom. The van der Waals surface area contributed by atoms with Gasteiger partial charge in [0.05, 0.1) is 31.9 Å². The van der Waals surface area contributed by atoms with E-state index in [4.69, 9.17) is 9.47 Å². The number of ether oxygens (including phenoxy) is 2. The van der Waals surface area contributed by atoms with Crippen LogP contribution < -0.4 is 5.32 Å². The number of morpholine rings is 1. The van der Waals surface area contributed by atoms with Crippen LogP contribution in [0.15, 0.2) is 12.1 Å². The molecule has 0 spiro atoms. The molecular weight excluding hydrogens is 366 g/mol. The van der Waals surface area contributed by atoms with E-state index >= 15 is 0 Å². The second-order valence-electron chi connectivity index (χ2n) is 6.34. The van der Waals surface area contributed by atoms with E-state index in [0.717, 1.165) is 33.6 Å². The largest absolute Gasteiger partial charge is 0.384 e. The molecule has 1 aliphatic rings. The van der Waals surface area contributed by atoms with E-state index < -0.39 is 0 Å². The molecule has 0 saturated carbocycles. The van der Waals surface area contributed by atoms with Gasteiger partial charge in [-0.2, -0.15) is 0 Å². The Hall–Kier alpha value is -2.10. The van der Waals surface area contributed by atoms with Crippen molar-refractivity contribution in [2.24, 2.45) is 0 Å². The maximum absolute atomic E-state index is 12.3. The maximum atomic E-state index is 12.3. The lowest BCUT2D eigenvalue weighted by atomic mass is 10.1. The Balaban J connectivity index is 1.71. The number of nitrogens with zero attached hydrogens (tertiary/aromatic N) is 4. The molecule has 1 N–H and O–H groups in total. The fourth-order valence-electron chi connectivity index (χ4n) is 2.90. The molecule has 1 amide bonds. The second-order valence-corrected chi connectivity index (χ2v) is 7.41. The first kappa shape index (κ1) is 19.7. The van der Waals surface area contributed by atoms with Gasteiger partial charge in [-0.1, -0.05) is 18.3 Å². The molecule has 0 unspecified atom stereocenters. The minimum atomic E-state index is -0.244. The van der Waals surface area contributed by atoms with Crippen molar-refractivity contribution < 1.29 is 14.3 Å². The van der Waals surface area contributed by atoms with Gasteiger partial charge in [0.25, 0.3) is 0 Å². The molecule has 0 bridgehead atoms. The van der Waals surface area contributed by atoms with Crippen molar-refractivity contribution in [2.75, 3.05) is 38.7 Å². The third-order valence-corrected chi connectivity index (χ3v) is 5.25. The standard InChI is InChI=1S/C18H25N5O3S/c1-4-16-21-22-18(27-16)20-13-9-12(2)19-14(10-13)15-11-23(6-8-26-15)17(24)5-7-25-3/h9-10,15H,4-8,11H2,1-3H3,(H,19,20,22)/t15-/m0/s1. The molecule has 0 aliphatic carbocycles. The van der Waals surface area contributed by atoms with Crippen molar-refractivity contribution in [2.45, 2.75) is 32.8 Å². The Morgan fingerprint density at radius 1 is 1.44 bits per heavy atom. The first-order valence-corrected chi connectivity index (χ1v) is 9.87. The number of nitrogens with one attached hydrogen (secondary N) is 1. The summed E-state index contributed by atoms with van der Waals surface area (Å²) < 4.78 is 10.9. The zero-order chi connectivity index (χ0) is 19.2. The minimum Gasteiger partial charge on any atom is -0.384 e. The first-order valence-electron chi connectivity index (χ1n) is 9.05. The molecule has 1 atom stereocenters. The summed E-state index contributed by atoms with van der Waals surface area (Å²) in [5.74, 6) is 0.0807. The molecule has 0 aromatic carbocycles. The monoisotopic (exact) mass is 391 g/mol. The minimum absolute atomic E-state index is 0.0807. The lowest BCUT2D eigenvalue weighted by Crippen LogP contribution is -2.42. The highest BCUT2D eigenvalue weighted by atomic mass is 32.1. The molecule has 2 aromatic rings. The van der Waals surface area contributed by atoms with Gasteiger partial charge in [-0.15, -0.1) is 10.2 Å². The SMILES string of the molecule is CCc1nnc(Nc2cc(C)nc([C@@H]3CN(C(=O)CCOC)CCO3)c2)s1. The van der Waals surface area contributed by atoms with Crippen LogP contribution in [0.25, 0.3) is 0 Å². The van der Waals surface area contributed by atoms with Crippen LogP contribution in [0.2, 0.25) is 0 Å². The summed E-state index contributed by atoms with van der Waals surface area (Å²) in [5, 5.41) is 13.3. The van der Waals surface area contributed by atoms with Crippen LogP contribution >= 0.6 is 11.3 Å². The van der Waals surface area contributed by atoms with Crippen LogP contribution in [-0.2, 0) is 20.7 Å². The molecule has 1 saturated heterocycles. The van der Waals surface area contributed by atoms with Crippen molar-refractivity contribution in [1.82, 2.24) is 20.1 Å². The highest BCUT2D eigenvalue weighted by molar-refractivity contribution is 7.15. The number of pyridine rings is 1. The van der Waals surface area contributed by atoms with E-state index in [0.29, 0.717) is 32.7 Å². The summed E-state index contributed by atoms with van der Waals surface area (Å²) in [5.41, 5.74) is 2.58. The third-order valence-electron chi connectivity index (χ3n) is 4.26. The van der Waals surface area contributed by atoms with E-state index in [2.05, 4.69) is 27.4 Å². The van der Waals surface area contributed by atoms with Crippen LogP contribution in [0.3, 0.4) is 0 Å². The van der Waals surface area contributed by atoms with Gasteiger partial charge < -0.3 is 19.7 Å². The summed E-state index contributed by atoms with van der Waals surface area (Å²) in [4.78, 5) is 18.7. The average Bonchev–Trinajstić information content (AvgIpc) is 3.13. The molecule has 27 heavy (non-hydrogen) atoms. The summed E-state index contributed by atoms with van der Waals surface area (Å²) in [6, 6.07) is 3.91. The molecule has 9 heteroatoms. The fraction of sp³-hybridized carbons (Fsp3) is 0.556. The van der Waals surface area contributed by atoms with Crippen molar-refractivity contribution in [1.29, 1.82) is 0 Å². The summed E-state index contributed by atoms with van der Waals surface area (Å²) in [6.45, 7) is 6.02. The van der Waals surface area contributed by atoms with E-state index in [1.54, 1.807) is 7.11 Å². The van der Waals surface area contributed by atoms with Gasteiger partial charge in [0.2, 0.25) is 11.0 Å². The lowest BCUT2D eigenvalue weighted by Gasteiger charge is -2.33. The van der Waals surface area contributed by atoms with E-state index in [1.807, 2.05) is 24.0 Å². The second kappa shape index (κ2) is 9.20. The van der Waals surface area contributed by atoms with Gasteiger partial charge in [-0.3, -0.25) is 9.78 Å². The third kappa shape index (κ3) is 5.21. The molecule has 1 aliphatic heterocycles. The van der Waals surface area contributed by atoms with E-state index in [1.165, 1.54) is 11.3 Å². The van der Waals surface area contributed by atoms with Crippen molar-refractivity contribution >= 4 is 28.1 Å². The van der Waals surface area contributed by atoms with Crippen molar-refractivity contribution in [3.63, 3.8) is 0 Å². The van der Waals surface area contributed by atoms with Gasteiger partial charge in [0, 0.05) is 25.0 Å². The Labute approximate surface area is 162 Å². The van der Waals surface area contributed by atoms with Crippen molar-refractivity contribution in [3.8, 4) is 0 Å². The van der Waals surface area contributed by atoms with Crippen LogP contribution in [0.4, 0.5) is 10.8 Å². The number of methoxy groups -OCH3 is 1. The van der Waals surface area contributed by atoms with E-state index in [-0.39, 0.29) is 12.0 Å². The maximum Gasteiger partial charge on any atom is 0.225 e. The molecule has 1 fully saturated rings.